The Balaban J connectivity index is 1.89. The lowest BCUT2D eigenvalue weighted by atomic mass is 9.75. The van der Waals surface area contributed by atoms with E-state index in [-0.39, 0.29) is 0 Å². The third-order valence-electron chi connectivity index (χ3n) is 6.36. The van der Waals surface area contributed by atoms with Crippen molar-refractivity contribution in [2.24, 2.45) is 40.5 Å². The molecule has 1 heteroatoms. The van der Waals surface area contributed by atoms with Crippen molar-refractivity contribution in [2.75, 3.05) is 6.54 Å². The smallest absolute Gasteiger partial charge is 0.0387 e. The molecule has 0 aromatic carbocycles. The van der Waals surface area contributed by atoms with E-state index in [0.717, 1.165) is 42.1 Å². The maximum absolute atomic E-state index is 4.39. The average Bonchev–Trinajstić information content (AvgIpc) is 2.76. The van der Waals surface area contributed by atoms with Gasteiger partial charge in [-0.15, -0.1) is 0 Å². The van der Waals surface area contributed by atoms with Crippen LogP contribution in [-0.2, 0) is 0 Å². The first-order valence-corrected chi connectivity index (χ1v) is 8.59. The molecule has 1 nitrogen and oxygen atoms in total. The second-order valence-electron chi connectivity index (χ2n) is 7.26. The first-order chi connectivity index (χ1) is 9.15. The zero-order chi connectivity index (χ0) is 13.8. The highest BCUT2D eigenvalue weighted by atomic mass is 14.7. The molecule has 0 amide bonds. The van der Waals surface area contributed by atoms with Crippen LogP contribution in [0, 0.1) is 35.5 Å². The van der Waals surface area contributed by atoms with Gasteiger partial charge in [0.2, 0.25) is 0 Å². The molecule has 19 heavy (non-hydrogen) atoms. The summed E-state index contributed by atoms with van der Waals surface area (Å²) < 4.78 is 0. The van der Waals surface area contributed by atoms with E-state index in [2.05, 4.69) is 25.8 Å². The van der Waals surface area contributed by atoms with Crippen LogP contribution in [0.25, 0.3) is 0 Å². The summed E-state index contributed by atoms with van der Waals surface area (Å²) in [6.07, 6.45) is 10.8. The van der Waals surface area contributed by atoms with Crippen LogP contribution in [0.15, 0.2) is 4.99 Å². The molecule has 0 saturated heterocycles. The third kappa shape index (κ3) is 3.41. The number of fused-ring (bicyclic) bond motifs is 1. The summed E-state index contributed by atoms with van der Waals surface area (Å²) in [5.41, 5.74) is 0. The van der Waals surface area contributed by atoms with Crippen LogP contribution in [0.4, 0.5) is 0 Å². The van der Waals surface area contributed by atoms with Gasteiger partial charge in [-0.3, -0.25) is 4.99 Å². The minimum atomic E-state index is 0.830. The van der Waals surface area contributed by atoms with Crippen molar-refractivity contribution < 1.29 is 0 Å². The monoisotopic (exact) mass is 263 g/mol. The first-order valence-electron chi connectivity index (χ1n) is 8.59. The van der Waals surface area contributed by atoms with Gasteiger partial charge < -0.3 is 0 Å². The van der Waals surface area contributed by atoms with Crippen molar-refractivity contribution in [1.82, 2.24) is 0 Å². The normalized spacial score (nSPS) is 38.3. The molecule has 6 atom stereocenters. The number of hydrogen-bond acceptors (Lipinski definition) is 1. The fraction of sp³-hybridized carbons (Fsp3) is 0.944. The summed E-state index contributed by atoms with van der Waals surface area (Å²) >= 11 is 0. The Kier molecular flexibility index (Phi) is 5.47. The molecule has 0 N–H and O–H groups in total. The molecule has 2 rings (SSSR count). The van der Waals surface area contributed by atoms with Gasteiger partial charge in [0, 0.05) is 6.54 Å². The highest BCUT2D eigenvalue weighted by Gasteiger charge is 2.43. The van der Waals surface area contributed by atoms with Gasteiger partial charge in [-0.05, 0) is 67.9 Å². The molecule has 0 aromatic heterocycles. The Morgan fingerprint density at radius 2 is 1.95 bits per heavy atom. The SMILES string of the molecule is CC=NCCC(C)C(C)C1CC2CCCCC2C1C. The predicted molar refractivity (Wildman–Crippen MR) is 84.7 cm³/mol. The van der Waals surface area contributed by atoms with E-state index >= 15 is 0 Å². The molecule has 2 aliphatic rings. The maximum Gasteiger partial charge on any atom is 0.0387 e. The van der Waals surface area contributed by atoms with Crippen molar-refractivity contribution in [2.45, 2.75) is 66.2 Å². The zero-order valence-corrected chi connectivity index (χ0v) is 13.4. The minimum absolute atomic E-state index is 0.830. The van der Waals surface area contributed by atoms with E-state index < -0.39 is 0 Å². The van der Waals surface area contributed by atoms with E-state index in [9.17, 15) is 0 Å². The van der Waals surface area contributed by atoms with E-state index in [1.54, 1.807) is 0 Å². The van der Waals surface area contributed by atoms with Gasteiger partial charge in [0.25, 0.3) is 0 Å². The van der Waals surface area contributed by atoms with Crippen LogP contribution >= 0.6 is 0 Å². The van der Waals surface area contributed by atoms with Gasteiger partial charge in [-0.2, -0.15) is 0 Å². The summed E-state index contributed by atoms with van der Waals surface area (Å²) in [6.45, 7) is 10.6. The van der Waals surface area contributed by atoms with Gasteiger partial charge >= 0.3 is 0 Å². The topological polar surface area (TPSA) is 12.4 Å². The maximum atomic E-state index is 4.39. The second-order valence-corrected chi connectivity index (χ2v) is 7.26. The quantitative estimate of drug-likeness (QED) is 0.604. The Labute approximate surface area is 120 Å². The fourth-order valence-electron chi connectivity index (χ4n) is 4.89. The number of rotatable bonds is 5. The Bertz CT molecular complexity index is 296. The molecule has 110 valence electrons. The second kappa shape index (κ2) is 6.90. The lowest BCUT2D eigenvalue weighted by Crippen LogP contribution is -2.24. The number of hydrogen-bond donors (Lipinski definition) is 0. The van der Waals surface area contributed by atoms with E-state index in [1.807, 2.05) is 13.1 Å². The van der Waals surface area contributed by atoms with Gasteiger partial charge in [-0.25, -0.2) is 0 Å². The Morgan fingerprint density at radius 3 is 2.63 bits per heavy atom. The summed E-state index contributed by atoms with van der Waals surface area (Å²) in [5, 5.41) is 0. The fourth-order valence-corrected chi connectivity index (χ4v) is 4.89. The molecule has 0 heterocycles. The van der Waals surface area contributed by atoms with Crippen LogP contribution in [0.3, 0.4) is 0 Å². The Morgan fingerprint density at radius 1 is 1.21 bits per heavy atom. The van der Waals surface area contributed by atoms with Crippen LogP contribution in [-0.4, -0.2) is 12.8 Å². The molecular formula is C18H33N. The average molecular weight is 263 g/mol. The zero-order valence-electron chi connectivity index (χ0n) is 13.4. The molecule has 2 aliphatic carbocycles. The van der Waals surface area contributed by atoms with Gasteiger partial charge in [0.1, 0.15) is 0 Å². The predicted octanol–water partition coefficient (Wildman–Crippen LogP) is 5.20. The molecule has 0 aromatic rings. The standard InChI is InChI=1S/C18H33N/c1-5-19-11-10-13(2)14(3)18-12-16-8-6-7-9-17(16)15(18)4/h5,13-18H,6-12H2,1-4H3. The molecule has 2 fully saturated rings. The summed E-state index contributed by atoms with van der Waals surface area (Å²) in [7, 11) is 0. The van der Waals surface area contributed by atoms with Crippen LogP contribution in [0.5, 0.6) is 0 Å². The van der Waals surface area contributed by atoms with Crippen LogP contribution < -0.4 is 0 Å². The third-order valence-corrected chi connectivity index (χ3v) is 6.36. The van der Waals surface area contributed by atoms with Gasteiger partial charge in [0.05, 0.1) is 0 Å². The van der Waals surface area contributed by atoms with E-state index in [4.69, 9.17) is 0 Å². The lowest BCUT2D eigenvalue weighted by molar-refractivity contribution is 0.185. The highest BCUT2D eigenvalue weighted by Crippen LogP contribution is 2.52. The molecule has 0 aliphatic heterocycles. The van der Waals surface area contributed by atoms with Gasteiger partial charge in [-0.1, -0.05) is 40.0 Å². The Hall–Kier alpha value is -0.330. The summed E-state index contributed by atoms with van der Waals surface area (Å²) in [6, 6.07) is 0. The van der Waals surface area contributed by atoms with Crippen molar-refractivity contribution in [3.63, 3.8) is 0 Å². The van der Waals surface area contributed by atoms with E-state index in [1.165, 1.54) is 38.5 Å². The van der Waals surface area contributed by atoms with Crippen LogP contribution in [0.1, 0.15) is 66.2 Å². The summed E-state index contributed by atoms with van der Waals surface area (Å²) in [4.78, 5) is 4.39. The van der Waals surface area contributed by atoms with Crippen molar-refractivity contribution >= 4 is 6.21 Å². The van der Waals surface area contributed by atoms with Crippen molar-refractivity contribution in [3.8, 4) is 0 Å². The molecule has 0 spiro atoms. The summed E-state index contributed by atoms with van der Waals surface area (Å²) in [5.74, 6) is 5.79. The number of aliphatic imine (C=N–C) groups is 1. The highest BCUT2D eigenvalue weighted by molar-refractivity contribution is 5.53. The molecular weight excluding hydrogens is 230 g/mol. The lowest BCUT2D eigenvalue weighted by Gasteiger charge is -2.31. The molecule has 0 bridgehead atoms. The molecule has 2 saturated carbocycles. The van der Waals surface area contributed by atoms with E-state index in [0.29, 0.717) is 0 Å². The van der Waals surface area contributed by atoms with Crippen molar-refractivity contribution in [3.05, 3.63) is 0 Å². The van der Waals surface area contributed by atoms with Crippen molar-refractivity contribution in [1.29, 1.82) is 0 Å². The van der Waals surface area contributed by atoms with Gasteiger partial charge in [0.15, 0.2) is 0 Å². The largest absolute Gasteiger partial charge is 0.298 e. The first kappa shape index (κ1) is 15.1. The number of nitrogens with zero attached hydrogens (tertiary/aromatic N) is 1. The molecule has 6 unspecified atom stereocenters. The molecule has 0 radical (unpaired) electrons. The van der Waals surface area contributed by atoms with Crippen LogP contribution in [0.2, 0.25) is 0 Å². The minimum Gasteiger partial charge on any atom is -0.298 e.